The van der Waals surface area contributed by atoms with Crippen molar-refractivity contribution in [1.82, 2.24) is 10.3 Å². The minimum Gasteiger partial charge on any atom is -0.358 e. The third-order valence-electron chi connectivity index (χ3n) is 2.86. The summed E-state index contributed by atoms with van der Waals surface area (Å²) in [5.41, 5.74) is 2.80. The van der Waals surface area contributed by atoms with Crippen molar-refractivity contribution >= 4 is 10.9 Å². The van der Waals surface area contributed by atoms with Gasteiger partial charge in [-0.2, -0.15) is 0 Å². The van der Waals surface area contributed by atoms with Gasteiger partial charge in [0.2, 0.25) is 0 Å². The molecule has 0 saturated heterocycles. The Hall–Kier alpha value is -1.28. The Morgan fingerprint density at radius 2 is 1.94 bits per heavy atom. The van der Waals surface area contributed by atoms with Crippen molar-refractivity contribution < 1.29 is 0 Å². The van der Waals surface area contributed by atoms with Gasteiger partial charge in [0.15, 0.2) is 0 Å². The number of H-pyrrole nitrogens is 1. The first-order valence-corrected chi connectivity index (χ1v) is 6.36. The molecule has 0 amide bonds. The summed E-state index contributed by atoms with van der Waals surface area (Å²) in [6, 6.07) is 10.7. The fraction of sp³-hybridized carbons (Fsp3) is 0.467. The molecule has 0 atom stereocenters. The third kappa shape index (κ3) is 3.60. The third-order valence-corrected chi connectivity index (χ3v) is 2.86. The van der Waals surface area contributed by atoms with Crippen molar-refractivity contribution in [1.29, 1.82) is 0 Å². The van der Waals surface area contributed by atoms with E-state index in [0.29, 0.717) is 0 Å². The Kier molecular flexibility index (Phi) is 3.53. The van der Waals surface area contributed by atoms with Crippen LogP contribution < -0.4 is 5.32 Å². The molecule has 0 aliphatic rings. The highest BCUT2D eigenvalue weighted by Crippen LogP contribution is 2.15. The molecule has 0 aliphatic heterocycles. The van der Waals surface area contributed by atoms with Crippen LogP contribution in [0.4, 0.5) is 0 Å². The predicted molar refractivity (Wildman–Crippen MR) is 74.4 cm³/mol. The Morgan fingerprint density at radius 1 is 1.18 bits per heavy atom. The summed E-state index contributed by atoms with van der Waals surface area (Å²) < 4.78 is 0. The molecule has 17 heavy (non-hydrogen) atoms. The molecular formula is C15H22N2. The quantitative estimate of drug-likeness (QED) is 0.773. The minimum absolute atomic E-state index is 0.223. The van der Waals surface area contributed by atoms with E-state index in [0.717, 1.165) is 13.0 Å². The van der Waals surface area contributed by atoms with E-state index in [2.05, 4.69) is 61.4 Å². The van der Waals surface area contributed by atoms with E-state index in [-0.39, 0.29) is 5.54 Å². The summed E-state index contributed by atoms with van der Waals surface area (Å²) in [5.74, 6) is 0. The molecule has 0 saturated carbocycles. The van der Waals surface area contributed by atoms with Crippen LogP contribution in [0.5, 0.6) is 0 Å². The molecule has 1 aromatic heterocycles. The van der Waals surface area contributed by atoms with Gasteiger partial charge in [0.1, 0.15) is 0 Å². The highest BCUT2D eigenvalue weighted by Gasteiger charge is 2.07. The van der Waals surface area contributed by atoms with Gasteiger partial charge in [-0.3, -0.25) is 0 Å². The lowest BCUT2D eigenvalue weighted by Crippen LogP contribution is -2.36. The van der Waals surface area contributed by atoms with Crippen molar-refractivity contribution in [2.75, 3.05) is 6.54 Å². The van der Waals surface area contributed by atoms with Crippen LogP contribution in [-0.2, 0) is 6.42 Å². The maximum Gasteiger partial charge on any atom is 0.0456 e. The zero-order valence-electron chi connectivity index (χ0n) is 11.0. The van der Waals surface area contributed by atoms with E-state index in [1.54, 1.807) is 0 Å². The topological polar surface area (TPSA) is 27.8 Å². The number of benzene rings is 1. The second kappa shape index (κ2) is 4.92. The summed E-state index contributed by atoms with van der Waals surface area (Å²) in [7, 11) is 0. The zero-order valence-corrected chi connectivity index (χ0v) is 11.0. The van der Waals surface area contributed by atoms with Crippen LogP contribution in [0.25, 0.3) is 10.9 Å². The lowest BCUT2D eigenvalue weighted by molar-refractivity contribution is 0.422. The van der Waals surface area contributed by atoms with Crippen molar-refractivity contribution in [3.63, 3.8) is 0 Å². The lowest BCUT2D eigenvalue weighted by atomic mass is 10.1. The monoisotopic (exact) mass is 230 g/mol. The van der Waals surface area contributed by atoms with Gasteiger partial charge in [-0.1, -0.05) is 18.2 Å². The van der Waals surface area contributed by atoms with Crippen LogP contribution in [0.15, 0.2) is 30.3 Å². The van der Waals surface area contributed by atoms with Crippen molar-refractivity contribution in [2.45, 2.75) is 39.2 Å². The summed E-state index contributed by atoms with van der Waals surface area (Å²) >= 11 is 0. The fourth-order valence-corrected chi connectivity index (χ4v) is 2.01. The number of aromatic nitrogens is 1. The fourth-order valence-electron chi connectivity index (χ4n) is 2.01. The van der Waals surface area contributed by atoms with Crippen LogP contribution in [0.3, 0.4) is 0 Å². The number of aromatic amines is 1. The first kappa shape index (κ1) is 12.2. The molecule has 92 valence electrons. The molecule has 2 aromatic rings. The van der Waals surface area contributed by atoms with Gasteiger partial charge in [0.05, 0.1) is 0 Å². The molecule has 1 aromatic carbocycles. The molecule has 0 aliphatic carbocycles. The molecule has 0 bridgehead atoms. The van der Waals surface area contributed by atoms with Crippen LogP contribution >= 0.6 is 0 Å². The van der Waals surface area contributed by atoms with Crippen molar-refractivity contribution in [3.8, 4) is 0 Å². The van der Waals surface area contributed by atoms with Crippen LogP contribution in [0, 0.1) is 0 Å². The maximum atomic E-state index is 3.51. The zero-order chi connectivity index (χ0) is 12.3. The molecular weight excluding hydrogens is 208 g/mol. The van der Waals surface area contributed by atoms with Gasteiger partial charge < -0.3 is 10.3 Å². The van der Waals surface area contributed by atoms with Crippen LogP contribution in [0.1, 0.15) is 32.9 Å². The van der Waals surface area contributed by atoms with Gasteiger partial charge in [-0.15, -0.1) is 0 Å². The number of rotatable bonds is 4. The summed E-state index contributed by atoms with van der Waals surface area (Å²) in [4.78, 5) is 3.47. The molecule has 0 radical (unpaired) electrons. The number of hydrogen-bond donors (Lipinski definition) is 2. The maximum absolute atomic E-state index is 3.51. The van der Waals surface area contributed by atoms with Crippen molar-refractivity contribution in [3.05, 3.63) is 36.0 Å². The molecule has 2 heteroatoms. The first-order chi connectivity index (χ1) is 8.04. The summed E-state index contributed by atoms with van der Waals surface area (Å²) in [6.45, 7) is 7.68. The molecule has 2 N–H and O–H groups in total. The molecule has 2 rings (SSSR count). The number of nitrogens with one attached hydrogen (secondary N) is 2. The van der Waals surface area contributed by atoms with E-state index < -0.39 is 0 Å². The van der Waals surface area contributed by atoms with Crippen LogP contribution in [-0.4, -0.2) is 17.1 Å². The second-order valence-electron chi connectivity index (χ2n) is 5.66. The Bertz CT molecular complexity index is 444. The standard InChI is InChI=1S/C15H22N2/c1-15(2,3)16-10-6-8-13-11-12-7-4-5-9-14(12)17-13/h4-5,7,9,11,16-17H,6,8,10H2,1-3H3. The first-order valence-electron chi connectivity index (χ1n) is 6.36. The average molecular weight is 230 g/mol. The largest absolute Gasteiger partial charge is 0.358 e. The molecule has 0 fully saturated rings. The van der Waals surface area contributed by atoms with Gasteiger partial charge in [-0.25, -0.2) is 0 Å². The Balaban J connectivity index is 1.87. The van der Waals surface area contributed by atoms with Gasteiger partial charge in [0, 0.05) is 16.7 Å². The van der Waals surface area contributed by atoms with E-state index in [9.17, 15) is 0 Å². The van der Waals surface area contributed by atoms with E-state index in [1.165, 1.54) is 23.0 Å². The summed E-state index contributed by atoms with van der Waals surface area (Å²) in [5, 5.41) is 4.82. The van der Waals surface area contributed by atoms with Gasteiger partial charge >= 0.3 is 0 Å². The number of fused-ring (bicyclic) bond motifs is 1. The normalized spacial score (nSPS) is 12.2. The molecule has 2 nitrogen and oxygen atoms in total. The van der Waals surface area contributed by atoms with E-state index in [1.807, 2.05) is 0 Å². The minimum atomic E-state index is 0.223. The van der Waals surface area contributed by atoms with E-state index in [4.69, 9.17) is 0 Å². The SMILES string of the molecule is CC(C)(C)NCCCc1cc2ccccc2[nH]1. The Labute approximate surface area is 103 Å². The lowest BCUT2D eigenvalue weighted by Gasteiger charge is -2.20. The Morgan fingerprint density at radius 3 is 2.65 bits per heavy atom. The highest BCUT2D eigenvalue weighted by atomic mass is 14.9. The molecule has 0 spiro atoms. The number of aryl methyl sites for hydroxylation is 1. The van der Waals surface area contributed by atoms with Gasteiger partial charge in [-0.05, 0) is 57.7 Å². The number of para-hydroxylation sites is 1. The van der Waals surface area contributed by atoms with Gasteiger partial charge in [0.25, 0.3) is 0 Å². The molecule has 1 heterocycles. The predicted octanol–water partition coefficient (Wildman–Crippen LogP) is 3.49. The summed E-state index contributed by atoms with van der Waals surface area (Å²) in [6.07, 6.45) is 2.28. The smallest absolute Gasteiger partial charge is 0.0456 e. The average Bonchev–Trinajstić information content (AvgIpc) is 2.65. The number of hydrogen-bond acceptors (Lipinski definition) is 1. The highest BCUT2D eigenvalue weighted by molar-refractivity contribution is 5.80. The van der Waals surface area contributed by atoms with Crippen molar-refractivity contribution in [2.24, 2.45) is 0 Å². The van der Waals surface area contributed by atoms with E-state index >= 15 is 0 Å². The second-order valence-corrected chi connectivity index (χ2v) is 5.66. The van der Waals surface area contributed by atoms with Crippen LogP contribution in [0.2, 0.25) is 0 Å². The molecule has 0 unspecified atom stereocenters.